The van der Waals surface area contributed by atoms with Gasteiger partial charge in [0.25, 0.3) is 0 Å². The first-order valence-corrected chi connectivity index (χ1v) is 4.01. The molecule has 2 nitrogen and oxygen atoms in total. The van der Waals surface area contributed by atoms with Crippen LogP contribution in [0, 0.1) is 11.8 Å². The van der Waals surface area contributed by atoms with Gasteiger partial charge in [-0.25, -0.2) is 0 Å². The highest BCUT2D eigenvalue weighted by Crippen LogP contribution is 2.22. The van der Waals surface area contributed by atoms with Crippen LogP contribution in [0.1, 0.15) is 4.88 Å². The van der Waals surface area contributed by atoms with Gasteiger partial charge in [-0.2, -0.15) is 0 Å². The third kappa shape index (κ3) is 2.26. The molecule has 0 spiro atoms. The van der Waals surface area contributed by atoms with Crippen LogP contribution in [0.5, 0.6) is 5.06 Å². The topological polar surface area (TPSA) is 35.2 Å². The van der Waals surface area contributed by atoms with E-state index in [2.05, 4.69) is 11.8 Å². The van der Waals surface area contributed by atoms with Crippen LogP contribution in [0.25, 0.3) is 0 Å². The van der Waals surface area contributed by atoms with E-state index in [1.54, 1.807) is 7.11 Å². The van der Waals surface area contributed by atoms with Crippen LogP contribution in [-0.4, -0.2) is 13.7 Å². The molecule has 0 saturated carbocycles. The Morgan fingerprint density at radius 1 is 1.64 bits per heavy atom. The zero-order valence-corrected chi connectivity index (χ0v) is 7.07. The van der Waals surface area contributed by atoms with Crippen LogP contribution in [-0.2, 0) is 0 Å². The van der Waals surface area contributed by atoms with E-state index in [1.165, 1.54) is 11.3 Å². The van der Waals surface area contributed by atoms with E-state index in [4.69, 9.17) is 10.5 Å². The SMILES string of the molecule is COc1ccc(C#CCN)s1. The van der Waals surface area contributed by atoms with Crippen LogP contribution in [0.15, 0.2) is 12.1 Å². The summed E-state index contributed by atoms with van der Waals surface area (Å²) in [5.41, 5.74) is 5.22. The summed E-state index contributed by atoms with van der Waals surface area (Å²) in [6.07, 6.45) is 0. The minimum absolute atomic E-state index is 0.403. The number of hydrogen-bond acceptors (Lipinski definition) is 3. The van der Waals surface area contributed by atoms with Crippen molar-refractivity contribution in [1.82, 2.24) is 0 Å². The van der Waals surface area contributed by atoms with Gasteiger partial charge in [-0.3, -0.25) is 0 Å². The van der Waals surface area contributed by atoms with E-state index >= 15 is 0 Å². The van der Waals surface area contributed by atoms with Gasteiger partial charge in [0.05, 0.1) is 18.5 Å². The maximum atomic E-state index is 5.22. The van der Waals surface area contributed by atoms with Crippen molar-refractivity contribution < 1.29 is 4.74 Å². The third-order valence-corrected chi connectivity index (χ3v) is 2.06. The maximum Gasteiger partial charge on any atom is 0.174 e. The van der Waals surface area contributed by atoms with Gasteiger partial charge >= 0.3 is 0 Å². The Kier molecular flexibility index (Phi) is 2.96. The molecule has 3 heteroatoms. The summed E-state index contributed by atoms with van der Waals surface area (Å²) < 4.78 is 4.99. The summed E-state index contributed by atoms with van der Waals surface area (Å²) in [5, 5.41) is 0.881. The lowest BCUT2D eigenvalue weighted by Gasteiger charge is -1.87. The summed E-state index contributed by atoms with van der Waals surface area (Å²) in [6.45, 7) is 0.403. The van der Waals surface area contributed by atoms with Crippen LogP contribution < -0.4 is 10.5 Å². The Morgan fingerprint density at radius 2 is 2.45 bits per heavy atom. The lowest BCUT2D eigenvalue weighted by Crippen LogP contribution is -1.92. The number of methoxy groups -OCH3 is 1. The first-order valence-electron chi connectivity index (χ1n) is 3.19. The van der Waals surface area contributed by atoms with E-state index in [0.717, 1.165) is 9.94 Å². The molecule has 0 unspecified atom stereocenters. The zero-order valence-electron chi connectivity index (χ0n) is 6.26. The van der Waals surface area contributed by atoms with Crippen molar-refractivity contribution >= 4 is 11.3 Å². The van der Waals surface area contributed by atoms with Crippen molar-refractivity contribution in [2.75, 3.05) is 13.7 Å². The van der Waals surface area contributed by atoms with Gasteiger partial charge in [0, 0.05) is 0 Å². The van der Waals surface area contributed by atoms with E-state index in [-0.39, 0.29) is 0 Å². The quantitative estimate of drug-likeness (QED) is 0.635. The highest BCUT2D eigenvalue weighted by molar-refractivity contribution is 7.14. The number of ether oxygens (including phenoxy) is 1. The zero-order chi connectivity index (χ0) is 8.10. The van der Waals surface area contributed by atoms with Gasteiger partial charge < -0.3 is 10.5 Å². The van der Waals surface area contributed by atoms with Crippen LogP contribution in [0.3, 0.4) is 0 Å². The minimum Gasteiger partial charge on any atom is -0.487 e. The van der Waals surface area contributed by atoms with Crippen LogP contribution in [0.2, 0.25) is 0 Å². The first kappa shape index (κ1) is 8.12. The molecule has 1 rings (SSSR count). The van der Waals surface area contributed by atoms with Gasteiger partial charge in [0.15, 0.2) is 5.06 Å². The normalized spacial score (nSPS) is 8.55. The summed E-state index contributed by atoms with van der Waals surface area (Å²) >= 11 is 1.52. The average molecular weight is 167 g/mol. The lowest BCUT2D eigenvalue weighted by molar-refractivity contribution is 0.427. The summed E-state index contributed by atoms with van der Waals surface area (Å²) in [5.74, 6) is 5.70. The minimum atomic E-state index is 0.403. The Morgan fingerprint density at radius 3 is 3.00 bits per heavy atom. The third-order valence-electron chi connectivity index (χ3n) is 1.10. The van der Waals surface area contributed by atoms with E-state index in [9.17, 15) is 0 Å². The molecule has 0 amide bonds. The molecule has 0 aliphatic carbocycles. The molecule has 1 aromatic rings. The molecule has 0 aromatic carbocycles. The molecule has 0 atom stereocenters. The highest BCUT2D eigenvalue weighted by Gasteiger charge is 1.94. The fourth-order valence-electron chi connectivity index (χ4n) is 0.635. The maximum absolute atomic E-state index is 5.22. The standard InChI is InChI=1S/C8H9NOS/c1-10-8-5-4-7(11-8)3-2-6-9/h4-5H,6,9H2,1H3. The molecule has 58 valence electrons. The molecule has 0 saturated heterocycles. The summed E-state index contributed by atoms with van der Waals surface area (Å²) in [7, 11) is 1.64. The molecule has 1 aromatic heterocycles. The lowest BCUT2D eigenvalue weighted by atomic mass is 10.4. The second-order valence-electron chi connectivity index (χ2n) is 1.83. The average Bonchev–Trinajstić information content (AvgIpc) is 2.48. The number of thiophene rings is 1. The Hall–Kier alpha value is -0.980. The number of rotatable bonds is 1. The Balaban J connectivity index is 2.72. The van der Waals surface area contributed by atoms with Gasteiger partial charge in [0.2, 0.25) is 0 Å². The Labute approximate surface area is 70.0 Å². The first-order chi connectivity index (χ1) is 5.36. The molecule has 0 radical (unpaired) electrons. The fraction of sp³-hybridized carbons (Fsp3) is 0.250. The fourth-order valence-corrected chi connectivity index (χ4v) is 1.33. The van der Waals surface area contributed by atoms with Crippen molar-refractivity contribution in [2.24, 2.45) is 5.73 Å². The van der Waals surface area contributed by atoms with Crippen molar-refractivity contribution in [3.8, 4) is 16.9 Å². The predicted molar refractivity (Wildman–Crippen MR) is 46.8 cm³/mol. The largest absolute Gasteiger partial charge is 0.487 e. The smallest absolute Gasteiger partial charge is 0.174 e. The number of nitrogens with two attached hydrogens (primary N) is 1. The van der Waals surface area contributed by atoms with Crippen LogP contribution in [0.4, 0.5) is 0 Å². The van der Waals surface area contributed by atoms with Gasteiger partial charge in [-0.1, -0.05) is 23.2 Å². The molecular weight excluding hydrogens is 158 g/mol. The summed E-state index contributed by atoms with van der Waals surface area (Å²) in [6, 6.07) is 3.82. The van der Waals surface area contributed by atoms with Gasteiger partial charge in [-0.15, -0.1) is 0 Å². The van der Waals surface area contributed by atoms with Crippen LogP contribution >= 0.6 is 11.3 Å². The molecule has 0 aliphatic rings. The second kappa shape index (κ2) is 4.02. The monoisotopic (exact) mass is 167 g/mol. The van der Waals surface area contributed by atoms with Crippen molar-refractivity contribution in [3.63, 3.8) is 0 Å². The van der Waals surface area contributed by atoms with Crippen molar-refractivity contribution in [3.05, 3.63) is 17.0 Å². The van der Waals surface area contributed by atoms with E-state index in [0.29, 0.717) is 6.54 Å². The molecular formula is C8H9NOS. The Bertz CT molecular complexity index is 282. The van der Waals surface area contributed by atoms with Gasteiger partial charge in [-0.05, 0) is 12.1 Å². The highest BCUT2D eigenvalue weighted by atomic mass is 32.1. The van der Waals surface area contributed by atoms with E-state index < -0.39 is 0 Å². The van der Waals surface area contributed by atoms with Crippen molar-refractivity contribution in [2.45, 2.75) is 0 Å². The molecule has 0 aliphatic heterocycles. The molecule has 0 bridgehead atoms. The van der Waals surface area contributed by atoms with Crippen molar-refractivity contribution in [1.29, 1.82) is 0 Å². The second-order valence-corrected chi connectivity index (χ2v) is 2.88. The molecule has 11 heavy (non-hydrogen) atoms. The molecule has 0 fully saturated rings. The predicted octanol–water partition coefficient (Wildman–Crippen LogP) is 1.07. The van der Waals surface area contributed by atoms with E-state index in [1.807, 2.05) is 12.1 Å². The molecule has 1 heterocycles. The number of hydrogen-bond donors (Lipinski definition) is 1. The summed E-state index contributed by atoms with van der Waals surface area (Å²) in [4.78, 5) is 0.993. The molecule has 2 N–H and O–H groups in total. The van der Waals surface area contributed by atoms with Gasteiger partial charge in [0.1, 0.15) is 0 Å².